The highest BCUT2D eigenvalue weighted by molar-refractivity contribution is 5.91. The van der Waals surface area contributed by atoms with Crippen LogP contribution in [-0.2, 0) is 19.1 Å². The smallest absolute Gasteiger partial charge is 0.334 e. The van der Waals surface area contributed by atoms with Crippen LogP contribution < -0.4 is 0 Å². The molecular formula is C20H28O5. The van der Waals surface area contributed by atoms with E-state index in [4.69, 9.17) is 9.47 Å². The summed E-state index contributed by atoms with van der Waals surface area (Å²) in [6.07, 6.45) is 2.80. The average Bonchev–Trinajstić information content (AvgIpc) is 2.79. The van der Waals surface area contributed by atoms with Crippen molar-refractivity contribution >= 4 is 11.9 Å². The molecule has 2 aliphatic carbocycles. The Hall–Kier alpha value is -1.62. The summed E-state index contributed by atoms with van der Waals surface area (Å²) in [5.74, 6) is -0.460. The molecule has 5 heteroatoms. The van der Waals surface area contributed by atoms with Gasteiger partial charge in [0.05, 0.1) is 5.60 Å². The van der Waals surface area contributed by atoms with Crippen LogP contribution in [0.5, 0.6) is 0 Å². The minimum atomic E-state index is -1.05. The highest BCUT2D eigenvalue weighted by Gasteiger charge is 2.53. The summed E-state index contributed by atoms with van der Waals surface area (Å²) in [6, 6.07) is 0. The molecule has 3 rings (SSSR count). The number of esters is 2. The molecule has 3 aliphatic rings. The molecule has 25 heavy (non-hydrogen) atoms. The number of carbonyl (C=O) groups is 2. The number of aliphatic hydroxyl groups is 1. The number of hydrogen-bond acceptors (Lipinski definition) is 5. The molecule has 1 N–H and O–H groups in total. The van der Waals surface area contributed by atoms with Gasteiger partial charge >= 0.3 is 11.9 Å². The molecule has 0 amide bonds. The Kier molecular flexibility index (Phi) is 4.56. The van der Waals surface area contributed by atoms with E-state index < -0.39 is 5.60 Å². The lowest BCUT2D eigenvalue weighted by molar-refractivity contribution is -0.152. The van der Waals surface area contributed by atoms with Gasteiger partial charge in [-0.05, 0) is 30.8 Å². The fourth-order valence-corrected chi connectivity index (χ4v) is 4.58. The molecule has 138 valence electrons. The van der Waals surface area contributed by atoms with Gasteiger partial charge in [0.15, 0.2) is 0 Å². The Morgan fingerprint density at radius 2 is 2.20 bits per heavy atom. The first kappa shape index (κ1) is 18.2. The van der Waals surface area contributed by atoms with Gasteiger partial charge in [0, 0.05) is 30.3 Å². The second-order valence-electron chi connectivity index (χ2n) is 8.46. The summed E-state index contributed by atoms with van der Waals surface area (Å²) >= 11 is 0. The first-order chi connectivity index (χ1) is 11.6. The molecule has 5 nitrogen and oxygen atoms in total. The van der Waals surface area contributed by atoms with Gasteiger partial charge in [-0.25, -0.2) is 4.79 Å². The average molecular weight is 348 g/mol. The summed E-state index contributed by atoms with van der Waals surface area (Å²) < 4.78 is 11.2. The number of carbonyl (C=O) groups excluding carboxylic acids is 2. The van der Waals surface area contributed by atoms with E-state index in [9.17, 15) is 14.7 Å². The normalized spacial score (nSPS) is 40.2. The molecule has 6 unspecified atom stereocenters. The van der Waals surface area contributed by atoms with Crippen molar-refractivity contribution in [2.45, 2.75) is 64.8 Å². The van der Waals surface area contributed by atoms with Crippen molar-refractivity contribution in [2.75, 3.05) is 0 Å². The third kappa shape index (κ3) is 3.26. The van der Waals surface area contributed by atoms with E-state index in [1.165, 1.54) is 0 Å². The highest BCUT2D eigenvalue weighted by Crippen LogP contribution is 2.51. The fraction of sp³-hybridized carbons (Fsp3) is 0.700. The standard InChI is InChI=1S/C20H28O5/c1-10(2)6-17(21)24-16-9-20(5,23)14-8-13-12(4)19(22)25-15(13)7-11(3)18(14)16/h8,10-11,13,15-16,18,23H,4,6-7,9H2,1-3,5H3. The van der Waals surface area contributed by atoms with Gasteiger partial charge in [0.1, 0.15) is 12.2 Å². The first-order valence-corrected chi connectivity index (χ1v) is 9.14. The summed E-state index contributed by atoms with van der Waals surface area (Å²) in [4.78, 5) is 24.0. The maximum absolute atomic E-state index is 12.2. The van der Waals surface area contributed by atoms with Gasteiger partial charge in [0.2, 0.25) is 0 Å². The summed E-state index contributed by atoms with van der Waals surface area (Å²) in [6.45, 7) is 11.6. The minimum Gasteiger partial charge on any atom is -0.462 e. The van der Waals surface area contributed by atoms with E-state index in [-0.39, 0.29) is 47.8 Å². The molecule has 1 saturated carbocycles. The lowest BCUT2D eigenvalue weighted by Crippen LogP contribution is -2.29. The zero-order valence-electron chi connectivity index (χ0n) is 15.5. The van der Waals surface area contributed by atoms with E-state index in [1.807, 2.05) is 19.9 Å². The van der Waals surface area contributed by atoms with Crippen molar-refractivity contribution in [3.05, 3.63) is 23.8 Å². The molecule has 1 saturated heterocycles. The van der Waals surface area contributed by atoms with Crippen molar-refractivity contribution in [2.24, 2.45) is 23.7 Å². The Morgan fingerprint density at radius 1 is 1.52 bits per heavy atom. The predicted octanol–water partition coefficient (Wildman–Crippen LogP) is 2.78. The molecule has 0 aromatic rings. The number of ether oxygens (including phenoxy) is 2. The molecule has 1 aliphatic heterocycles. The van der Waals surface area contributed by atoms with Crippen LogP contribution in [0.15, 0.2) is 23.8 Å². The molecule has 0 spiro atoms. The topological polar surface area (TPSA) is 72.8 Å². The lowest BCUT2D eigenvalue weighted by Gasteiger charge is -2.27. The predicted molar refractivity (Wildman–Crippen MR) is 92.4 cm³/mol. The quantitative estimate of drug-likeness (QED) is 0.482. The zero-order chi connectivity index (χ0) is 18.5. The second kappa shape index (κ2) is 6.27. The zero-order valence-corrected chi connectivity index (χ0v) is 15.5. The van der Waals surface area contributed by atoms with Gasteiger partial charge in [0.25, 0.3) is 0 Å². The van der Waals surface area contributed by atoms with Gasteiger partial charge < -0.3 is 14.6 Å². The van der Waals surface area contributed by atoms with Crippen LogP contribution in [0.25, 0.3) is 0 Å². The van der Waals surface area contributed by atoms with Gasteiger partial charge in [-0.15, -0.1) is 0 Å². The Bertz CT molecular complexity index is 630. The van der Waals surface area contributed by atoms with E-state index in [0.29, 0.717) is 24.8 Å². The van der Waals surface area contributed by atoms with E-state index in [2.05, 4.69) is 13.5 Å². The third-order valence-corrected chi connectivity index (χ3v) is 5.74. The van der Waals surface area contributed by atoms with Crippen molar-refractivity contribution in [1.82, 2.24) is 0 Å². The minimum absolute atomic E-state index is 0.0526. The SMILES string of the molecule is C=C1C(=O)OC2CC(C)C3C(=CC12)C(C)(O)CC3OC(=O)CC(C)C. The van der Waals surface area contributed by atoms with Crippen molar-refractivity contribution in [3.8, 4) is 0 Å². The van der Waals surface area contributed by atoms with Crippen molar-refractivity contribution in [1.29, 1.82) is 0 Å². The number of hydrogen-bond donors (Lipinski definition) is 1. The largest absolute Gasteiger partial charge is 0.462 e. The van der Waals surface area contributed by atoms with E-state index >= 15 is 0 Å². The van der Waals surface area contributed by atoms with Crippen LogP contribution in [0, 0.1) is 23.7 Å². The van der Waals surface area contributed by atoms with Crippen LogP contribution in [-0.4, -0.2) is 34.9 Å². The van der Waals surface area contributed by atoms with Gasteiger partial charge in [-0.1, -0.05) is 33.4 Å². The molecule has 1 heterocycles. The second-order valence-corrected chi connectivity index (χ2v) is 8.46. The lowest BCUT2D eigenvalue weighted by atomic mass is 9.84. The van der Waals surface area contributed by atoms with E-state index in [0.717, 1.165) is 5.57 Å². The maximum atomic E-state index is 12.2. The Morgan fingerprint density at radius 3 is 2.84 bits per heavy atom. The van der Waals surface area contributed by atoms with Crippen LogP contribution in [0.2, 0.25) is 0 Å². The monoisotopic (exact) mass is 348 g/mol. The third-order valence-electron chi connectivity index (χ3n) is 5.74. The van der Waals surface area contributed by atoms with Gasteiger partial charge in [-0.2, -0.15) is 0 Å². The molecule has 2 fully saturated rings. The van der Waals surface area contributed by atoms with Crippen LogP contribution in [0.1, 0.15) is 47.0 Å². The first-order valence-electron chi connectivity index (χ1n) is 9.14. The summed E-state index contributed by atoms with van der Waals surface area (Å²) in [5.41, 5.74) is 0.249. The number of rotatable bonds is 3. The molecule has 0 aromatic heterocycles. The number of fused-ring (bicyclic) bond motifs is 2. The summed E-state index contributed by atoms with van der Waals surface area (Å²) in [5, 5.41) is 11.0. The van der Waals surface area contributed by atoms with Crippen molar-refractivity contribution in [3.63, 3.8) is 0 Å². The molecule has 0 aromatic carbocycles. The van der Waals surface area contributed by atoms with E-state index in [1.54, 1.807) is 6.92 Å². The van der Waals surface area contributed by atoms with Crippen LogP contribution in [0.4, 0.5) is 0 Å². The van der Waals surface area contributed by atoms with Crippen LogP contribution >= 0.6 is 0 Å². The molecular weight excluding hydrogens is 320 g/mol. The Labute approximate surface area is 149 Å². The van der Waals surface area contributed by atoms with Gasteiger partial charge in [-0.3, -0.25) is 4.79 Å². The molecule has 0 radical (unpaired) electrons. The highest BCUT2D eigenvalue weighted by atomic mass is 16.6. The maximum Gasteiger partial charge on any atom is 0.334 e. The fourth-order valence-electron chi connectivity index (χ4n) is 4.58. The van der Waals surface area contributed by atoms with Crippen LogP contribution in [0.3, 0.4) is 0 Å². The van der Waals surface area contributed by atoms with Crippen molar-refractivity contribution < 1.29 is 24.2 Å². The molecule has 6 atom stereocenters. The Balaban J connectivity index is 1.90. The molecule has 0 bridgehead atoms. The summed E-state index contributed by atoms with van der Waals surface area (Å²) in [7, 11) is 0.